The van der Waals surface area contributed by atoms with Crippen molar-refractivity contribution >= 4 is 11.3 Å². The quantitative estimate of drug-likeness (QED) is 0.496. The maximum absolute atomic E-state index is 14.3. The number of benzene rings is 2. The summed E-state index contributed by atoms with van der Waals surface area (Å²) in [6.45, 7) is 4.26. The van der Waals surface area contributed by atoms with Crippen molar-refractivity contribution in [1.29, 1.82) is 0 Å². The summed E-state index contributed by atoms with van der Waals surface area (Å²) in [7, 11) is 0. The van der Waals surface area contributed by atoms with Gasteiger partial charge in [0.05, 0.1) is 4.88 Å². The fraction of sp³-hybridized carbons (Fsp3) is 0.304. The van der Waals surface area contributed by atoms with Gasteiger partial charge in [-0.3, -0.25) is 0 Å². The smallest absolute Gasteiger partial charge is 0.200 e. The van der Waals surface area contributed by atoms with Gasteiger partial charge in [-0.05, 0) is 60.6 Å². The van der Waals surface area contributed by atoms with Gasteiger partial charge in [-0.2, -0.15) is 4.39 Å². The lowest BCUT2D eigenvalue weighted by Gasteiger charge is -2.11. The average Bonchev–Trinajstić information content (AvgIpc) is 3.09. The molecule has 1 aromatic heterocycles. The van der Waals surface area contributed by atoms with Crippen molar-refractivity contribution in [3.05, 3.63) is 75.0 Å². The first-order chi connectivity index (χ1) is 13.5. The van der Waals surface area contributed by atoms with Gasteiger partial charge < -0.3 is 9.84 Å². The molecule has 0 bridgehead atoms. The number of halogens is 2. The Hall–Kier alpha value is -2.24. The largest absolute Gasteiger partial charge is 0.485 e. The van der Waals surface area contributed by atoms with E-state index < -0.39 is 11.6 Å². The Morgan fingerprint density at radius 3 is 2.46 bits per heavy atom. The van der Waals surface area contributed by atoms with Crippen molar-refractivity contribution in [2.45, 2.75) is 39.7 Å². The zero-order valence-electron chi connectivity index (χ0n) is 16.1. The van der Waals surface area contributed by atoms with E-state index in [1.165, 1.54) is 17.7 Å². The van der Waals surface area contributed by atoms with Crippen LogP contribution in [0.2, 0.25) is 0 Å². The molecule has 2 nitrogen and oxygen atoms in total. The highest BCUT2D eigenvalue weighted by Gasteiger charge is 2.16. The number of hydrogen-bond donors (Lipinski definition) is 1. The van der Waals surface area contributed by atoms with Crippen molar-refractivity contribution in [3.8, 4) is 16.9 Å². The maximum Gasteiger partial charge on any atom is 0.200 e. The highest BCUT2D eigenvalue weighted by Crippen LogP contribution is 2.33. The van der Waals surface area contributed by atoms with Crippen LogP contribution in [0.4, 0.5) is 8.78 Å². The molecule has 0 saturated carbocycles. The minimum absolute atomic E-state index is 0.0565. The average molecular weight is 403 g/mol. The summed E-state index contributed by atoms with van der Waals surface area (Å²) in [5.41, 5.74) is 3.67. The van der Waals surface area contributed by atoms with Crippen LogP contribution in [-0.4, -0.2) is 11.7 Å². The Kier molecular flexibility index (Phi) is 6.81. The summed E-state index contributed by atoms with van der Waals surface area (Å²) in [6.07, 6.45) is 1.67. The molecular formula is C23H24F2O2S. The summed E-state index contributed by atoms with van der Waals surface area (Å²) in [5.74, 6) is -1.97. The van der Waals surface area contributed by atoms with Crippen LogP contribution in [-0.2, 0) is 19.4 Å². The Labute approximate surface area is 168 Å². The molecule has 3 aromatic rings. The summed E-state index contributed by atoms with van der Waals surface area (Å²) >= 11 is 1.59. The summed E-state index contributed by atoms with van der Waals surface area (Å²) in [6, 6.07) is 13.5. The molecule has 1 N–H and O–H groups in total. The predicted molar refractivity (Wildman–Crippen MR) is 110 cm³/mol. The third-order valence-electron chi connectivity index (χ3n) is 4.70. The van der Waals surface area contributed by atoms with Crippen LogP contribution in [0.25, 0.3) is 11.1 Å². The summed E-state index contributed by atoms with van der Waals surface area (Å²) in [5, 5.41) is 8.86. The first-order valence-corrected chi connectivity index (χ1v) is 10.2. The normalized spacial score (nSPS) is 11.0. The fourth-order valence-electron chi connectivity index (χ4n) is 3.12. The van der Waals surface area contributed by atoms with Crippen LogP contribution in [0.5, 0.6) is 5.75 Å². The second-order valence-electron chi connectivity index (χ2n) is 6.71. The molecule has 0 atom stereocenters. The molecule has 1 heterocycles. The van der Waals surface area contributed by atoms with Gasteiger partial charge in [-0.1, -0.05) is 37.3 Å². The molecule has 0 fully saturated rings. The second kappa shape index (κ2) is 9.30. The predicted octanol–water partition coefficient (Wildman–Crippen LogP) is 6.07. The molecule has 148 valence electrons. The van der Waals surface area contributed by atoms with Crippen molar-refractivity contribution < 1.29 is 18.6 Å². The number of thiophene rings is 1. The van der Waals surface area contributed by atoms with E-state index >= 15 is 0 Å². The van der Waals surface area contributed by atoms with E-state index in [-0.39, 0.29) is 24.5 Å². The van der Waals surface area contributed by atoms with E-state index in [4.69, 9.17) is 9.84 Å². The van der Waals surface area contributed by atoms with Gasteiger partial charge in [0, 0.05) is 11.5 Å². The van der Waals surface area contributed by atoms with Crippen molar-refractivity contribution in [2.24, 2.45) is 0 Å². The highest BCUT2D eigenvalue weighted by molar-refractivity contribution is 7.12. The fourth-order valence-corrected chi connectivity index (χ4v) is 4.09. The zero-order valence-corrected chi connectivity index (χ0v) is 16.9. The SMILES string of the molecule is CCc1ccc(-c2cc(C)sc2COc2ccc(CCCO)c(F)c2F)cc1. The Morgan fingerprint density at radius 1 is 1.04 bits per heavy atom. The summed E-state index contributed by atoms with van der Waals surface area (Å²) in [4.78, 5) is 2.12. The van der Waals surface area contributed by atoms with Crippen LogP contribution in [0, 0.1) is 18.6 Å². The molecule has 28 heavy (non-hydrogen) atoms. The van der Waals surface area contributed by atoms with Crippen molar-refractivity contribution in [1.82, 2.24) is 0 Å². The van der Waals surface area contributed by atoms with Gasteiger partial charge >= 0.3 is 0 Å². The topological polar surface area (TPSA) is 29.5 Å². The van der Waals surface area contributed by atoms with Gasteiger partial charge in [0.1, 0.15) is 6.61 Å². The van der Waals surface area contributed by atoms with Gasteiger partial charge in [0.15, 0.2) is 11.6 Å². The number of rotatable bonds is 8. The first kappa shape index (κ1) is 20.5. The number of aliphatic hydroxyl groups excluding tert-OH is 1. The molecule has 0 saturated heterocycles. The Balaban J connectivity index is 1.79. The molecule has 0 aliphatic rings. The molecule has 0 aliphatic heterocycles. The highest BCUT2D eigenvalue weighted by atomic mass is 32.1. The van der Waals surface area contributed by atoms with E-state index in [0.29, 0.717) is 12.8 Å². The standard InChI is InChI=1S/C23H24F2O2S/c1-3-16-6-8-17(9-7-16)19-13-15(2)28-21(19)14-27-20-11-10-18(5-4-12-26)22(24)23(20)25/h6-11,13,26H,3-5,12,14H2,1-2H3. The zero-order chi connectivity index (χ0) is 20.1. The molecule has 0 spiro atoms. The van der Waals surface area contributed by atoms with Crippen LogP contribution < -0.4 is 4.74 Å². The van der Waals surface area contributed by atoms with Crippen LogP contribution in [0.15, 0.2) is 42.5 Å². The van der Waals surface area contributed by atoms with Crippen molar-refractivity contribution in [3.63, 3.8) is 0 Å². The van der Waals surface area contributed by atoms with Crippen LogP contribution >= 0.6 is 11.3 Å². The molecule has 2 aromatic carbocycles. The molecule has 0 aliphatic carbocycles. The van der Waals surface area contributed by atoms with E-state index in [2.05, 4.69) is 37.3 Å². The number of ether oxygens (including phenoxy) is 1. The third-order valence-corrected chi connectivity index (χ3v) is 5.72. The minimum Gasteiger partial charge on any atom is -0.485 e. The Bertz CT molecular complexity index is 933. The lowest BCUT2D eigenvalue weighted by Crippen LogP contribution is -2.02. The second-order valence-corrected chi connectivity index (χ2v) is 8.05. The number of aryl methyl sites for hydroxylation is 3. The lowest BCUT2D eigenvalue weighted by molar-refractivity contribution is 0.283. The van der Waals surface area contributed by atoms with Crippen LogP contribution in [0.3, 0.4) is 0 Å². The maximum atomic E-state index is 14.3. The Morgan fingerprint density at radius 2 is 1.79 bits per heavy atom. The van der Waals surface area contributed by atoms with Gasteiger partial charge in [0.2, 0.25) is 5.82 Å². The van der Waals surface area contributed by atoms with E-state index in [0.717, 1.165) is 27.3 Å². The number of hydrogen-bond acceptors (Lipinski definition) is 3. The van der Waals surface area contributed by atoms with Gasteiger partial charge in [0.25, 0.3) is 0 Å². The molecule has 0 radical (unpaired) electrons. The van der Waals surface area contributed by atoms with E-state index in [1.54, 1.807) is 11.3 Å². The molecule has 0 unspecified atom stereocenters. The monoisotopic (exact) mass is 402 g/mol. The van der Waals surface area contributed by atoms with Gasteiger partial charge in [-0.25, -0.2) is 4.39 Å². The minimum atomic E-state index is -0.974. The molecule has 3 rings (SSSR count). The molecular weight excluding hydrogens is 378 g/mol. The lowest BCUT2D eigenvalue weighted by atomic mass is 10.0. The summed E-state index contributed by atoms with van der Waals surface area (Å²) < 4.78 is 34.2. The van der Waals surface area contributed by atoms with Crippen LogP contribution in [0.1, 0.15) is 34.2 Å². The van der Waals surface area contributed by atoms with Crippen molar-refractivity contribution in [2.75, 3.05) is 6.61 Å². The van der Waals surface area contributed by atoms with E-state index in [9.17, 15) is 8.78 Å². The molecule has 0 amide bonds. The molecule has 5 heteroatoms. The van der Waals surface area contributed by atoms with Gasteiger partial charge in [-0.15, -0.1) is 11.3 Å². The number of aliphatic hydroxyl groups is 1. The van der Waals surface area contributed by atoms with E-state index in [1.807, 2.05) is 6.92 Å². The first-order valence-electron chi connectivity index (χ1n) is 9.42. The third kappa shape index (κ3) is 4.59.